The Kier molecular flexibility index (Phi) is 5.64. The predicted octanol–water partition coefficient (Wildman–Crippen LogP) is 3.62. The molecule has 0 aromatic heterocycles. The van der Waals surface area contributed by atoms with Crippen LogP contribution in [0.3, 0.4) is 0 Å². The largest absolute Gasteiger partial charge is 0.454 e. The zero-order valence-corrected chi connectivity index (χ0v) is 17.1. The number of nitrogens with one attached hydrogen (secondary N) is 1. The number of hydrogen-bond acceptors (Lipinski definition) is 5. The average molecular weight is 396 g/mol. The van der Waals surface area contributed by atoms with Gasteiger partial charge in [0.25, 0.3) is 0 Å². The van der Waals surface area contributed by atoms with E-state index in [9.17, 15) is 4.79 Å². The van der Waals surface area contributed by atoms with Gasteiger partial charge in [-0.2, -0.15) is 0 Å². The molecular weight excluding hydrogens is 368 g/mol. The highest BCUT2D eigenvalue weighted by molar-refractivity contribution is 5.89. The van der Waals surface area contributed by atoms with Crippen LogP contribution in [-0.2, 0) is 0 Å². The molecule has 2 aromatic carbocycles. The van der Waals surface area contributed by atoms with Crippen molar-refractivity contribution in [1.29, 1.82) is 0 Å². The number of benzene rings is 2. The lowest BCUT2D eigenvalue weighted by Gasteiger charge is -2.36. The van der Waals surface area contributed by atoms with Crippen molar-refractivity contribution in [2.45, 2.75) is 13.8 Å². The van der Waals surface area contributed by atoms with Crippen LogP contribution in [0.15, 0.2) is 42.5 Å². The summed E-state index contributed by atoms with van der Waals surface area (Å²) in [6.45, 7) is 9.43. The first-order valence-corrected chi connectivity index (χ1v) is 10.2. The van der Waals surface area contributed by atoms with Crippen LogP contribution >= 0.6 is 0 Å². The zero-order valence-electron chi connectivity index (χ0n) is 17.1. The zero-order chi connectivity index (χ0) is 20.2. The number of carbonyl (C=O) groups is 1. The van der Waals surface area contributed by atoms with Crippen molar-refractivity contribution >= 4 is 23.1 Å². The molecule has 1 N–H and O–H groups in total. The molecule has 2 aliphatic heterocycles. The Bertz CT molecular complexity index is 844. The Morgan fingerprint density at radius 2 is 1.66 bits per heavy atom. The first kappa shape index (κ1) is 19.2. The van der Waals surface area contributed by atoms with Gasteiger partial charge < -0.3 is 29.5 Å². The third-order valence-electron chi connectivity index (χ3n) is 5.54. The maximum atomic E-state index is 12.6. The number of urea groups is 1. The number of piperazine rings is 1. The van der Waals surface area contributed by atoms with Gasteiger partial charge in [0.15, 0.2) is 11.5 Å². The third-order valence-corrected chi connectivity index (χ3v) is 5.54. The second-order valence-corrected chi connectivity index (χ2v) is 7.16. The third kappa shape index (κ3) is 4.18. The topological polar surface area (TPSA) is 57.3 Å². The molecule has 0 unspecified atom stereocenters. The monoisotopic (exact) mass is 396 g/mol. The van der Waals surface area contributed by atoms with Gasteiger partial charge in [0.2, 0.25) is 6.79 Å². The Hall–Kier alpha value is -3.09. The minimum absolute atomic E-state index is 0.0501. The molecule has 7 nitrogen and oxygen atoms in total. The molecule has 0 bridgehead atoms. The summed E-state index contributed by atoms with van der Waals surface area (Å²) in [7, 11) is 0. The van der Waals surface area contributed by atoms with Crippen molar-refractivity contribution in [3.63, 3.8) is 0 Å². The molecule has 7 heteroatoms. The second kappa shape index (κ2) is 8.51. The van der Waals surface area contributed by atoms with Gasteiger partial charge in [0, 0.05) is 62.4 Å². The van der Waals surface area contributed by atoms with E-state index in [0.29, 0.717) is 13.1 Å². The molecule has 29 heavy (non-hydrogen) atoms. The normalized spacial score (nSPS) is 15.4. The number of ether oxygens (including phenoxy) is 2. The van der Waals surface area contributed by atoms with E-state index >= 15 is 0 Å². The standard InChI is InChI=1S/C22H28N4O3/c1-3-24(4-2)18-7-5-17(6-8-18)23-22(27)26-13-11-25(12-14-26)19-9-10-20-21(15-19)29-16-28-20/h5-10,15H,3-4,11-14,16H2,1-2H3,(H,23,27). The fraction of sp³-hybridized carbons (Fsp3) is 0.409. The predicted molar refractivity (Wildman–Crippen MR) is 115 cm³/mol. The number of amides is 2. The van der Waals surface area contributed by atoms with Crippen LogP contribution in [0.4, 0.5) is 21.9 Å². The number of fused-ring (bicyclic) bond motifs is 1. The van der Waals surface area contributed by atoms with E-state index in [1.165, 1.54) is 5.69 Å². The van der Waals surface area contributed by atoms with E-state index in [1.807, 2.05) is 35.2 Å². The van der Waals surface area contributed by atoms with Gasteiger partial charge >= 0.3 is 6.03 Å². The smallest absolute Gasteiger partial charge is 0.321 e. The van der Waals surface area contributed by atoms with Gasteiger partial charge in [-0.1, -0.05) is 0 Å². The second-order valence-electron chi connectivity index (χ2n) is 7.16. The van der Waals surface area contributed by atoms with Crippen LogP contribution in [-0.4, -0.2) is 57.0 Å². The summed E-state index contributed by atoms with van der Waals surface area (Å²) >= 11 is 0. The van der Waals surface area contributed by atoms with Crippen molar-refractivity contribution < 1.29 is 14.3 Å². The van der Waals surface area contributed by atoms with Crippen molar-refractivity contribution in [2.24, 2.45) is 0 Å². The number of anilines is 3. The Balaban J connectivity index is 1.31. The lowest BCUT2D eigenvalue weighted by atomic mass is 10.2. The summed E-state index contributed by atoms with van der Waals surface area (Å²) in [4.78, 5) is 19.1. The lowest BCUT2D eigenvalue weighted by Crippen LogP contribution is -2.50. The molecule has 4 rings (SSSR count). The van der Waals surface area contributed by atoms with Gasteiger partial charge in [-0.15, -0.1) is 0 Å². The molecule has 2 heterocycles. The minimum Gasteiger partial charge on any atom is -0.454 e. The van der Waals surface area contributed by atoms with Gasteiger partial charge in [0.05, 0.1) is 0 Å². The van der Waals surface area contributed by atoms with Crippen LogP contribution in [0.25, 0.3) is 0 Å². The van der Waals surface area contributed by atoms with E-state index in [1.54, 1.807) is 0 Å². The van der Waals surface area contributed by atoms with E-state index in [2.05, 4.69) is 41.1 Å². The highest BCUT2D eigenvalue weighted by Crippen LogP contribution is 2.35. The van der Waals surface area contributed by atoms with Gasteiger partial charge in [-0.3, -0.25) is 0 Å². The molecule has 0 spiro atoms. The van der Waals surface area contributed by atoms with Crippen LogP contribution in [0.5, 0.6) is 11.5 Å². The molecule has 2 amide bonds. The maximum absolute atomic E-state index is 12.6. The Morgan fingerprint density at radius 3 is 2.34 bits per heavy atom. The molecule has 154 valence electrons. The number of carbonyl (C=O) groups excluding carboxylic acids is 1. The fourth-order valence-corrected chi connectivity index (χ4v) is 3.80. The summed E-state index contributed by atoms with van der Waals surface area (Å²) in [6, 6.07) is 14.0. The van der Waals surface area contributed by atoms with E-state index < -0.39 is 0 Å². The fourth-order valence-electron chi connectivity index (χ4n) is 3.80. The van der Waals surface area contributed by atoms with Crippen molar-refractivity contribution in [3.8, 4) is 11.5 Å². The van der Waals surface area contributed by atoms with Crippen LogP contribution < -0.4 is 24.6 Å². The Labute approximate surface area is 171 Å². The van der Waals surface area contributed by atoms with E-state index in [0.717, 1.165) is 49.1 Å². The highest BCUT2D eigenvalue weighted by atomic mass is 16.7. The summed E-state index contributed by atoms with van der Waals surface area (Å²) in [6.07, 6.45) is 0. The van der Waals surface area contributed by atoms with Crippen molar-refractivity contribution in [3.05, 3.63) is 42.5 Å². The maximum Gasteiger partial charge on any atom is 0.321 e. The first-order valence-electron chi connectivity index (χ1n) is 10.2. The van der Waals surface area contributed by atoms with Crippen molar-refractivity contribution in [1.82, 2.24) is 4.90 Å². The summed E-state index contributed by atoms with van der Waals surface area (Å²) < 4.78 is 10.8. The quantitative estimate of drug-likeness (QED) is 0.837. The molecule has 2 aliphatic rings. The summed E-state index contributed by atoms with van der Waals surface area (Å²) in [5, 5.41) is 3.02. The first-order chi connectivity index (χ1) is 14.2. The molecule has 0 aliphatic carbocycles. The minimum atomic E-state index is -0.0501. The molecule has 2 aromatic rings. The lowest BCUT2D eigenvalue weighted by molar-refractivity contribution is 0.174. The number of nitrogens with zero attached hydrogens (tertiary/aromatic N) is 3. The molecule has 0 atom stereocenters. The van der Waals surface area contributed by atoms with Gasteiger partial charge in [0.1, 0.15) is 0 Å². The van der Waals surface area contributed by atoms with Gasteiger partial charge in [-0.25, -0.2) is 4.79 Å². The number of rotatable bonds is 5. The molecule has 1 fully saturated rings. The van der Waals surface area contributed by atoms with Crippen LogP contribution in [0, 0.1) is 0 Å². The SMILES string of the molecule is CCN(CC)c1ccc(NC(=O)N2CCN(c3ccc4c(c3)OCO4)CC2)cc1. The Morgan fingerprint density at radius 1 is 0.966 bits per heavy atom. The van der Waals surface area contributed by atoms with Crippen LogP contribution in [0.2, 0.25) is 0 Å². The van der Waals surface area contributed by atoms with Crippen molar-refractivity contribution in [2.75, 3.05) is 61.2 Å². The number of hydrogen-bond donors (Lipinski definition) is 1. The summed E-state index contributed by atoms with van der Waals surface area (Å²) in [5.41, 5.74) is 3.09. The van der Waals surface area contributed by atoms with E-state index in [4.69, 9.17) is 9.47 Å². The average Bonchev–Trinajstić information content (AvgIpc) is 3.24. The molecule has 1 saturated heterocycles. The van der Waals surface area contributed by atoms with E-state index in [-0.39, 0.29) is 12.8 Å². The molecule has 0 saturated carbocycles. The highest BCUT2D eigenvalue weighted by Gasteiger charge is 2.23. The van der Waals surface area contributed by atoms with Gasteiger partial charge in [-0.05, 0) is 50.2 Å². The molecular formula is C22H28N4O3. The van der Waals surface area contributed by atoms with Crippen LogP contribution in [0.1, 0.15) is 13.8 Å². The summed E-state index contributed by atoms with van der Waals surface area (Å²) in [5.74, 6) is 1.58. The molecule has 0 radical (unpaired) electrons.